The van der Waals surface area contributed by atoms with Crippen LogP contribution in [-0.4, -0.2) is 128 Å². The lowest BCUT2D eigenvalue weighted by Crippen LogP contribution is -2.56. The summed E-state index contributed by atoms with van der Waals surface area (Å²) >= 11 is 0. The Morgan fingerprint density at radius 1 is 0.883 bits per heavy atom. The van der Waals surface area contributed by atoms with Gasteiger partial charge in [-0.3, -0.25) is 38.4 Å². The quantitative estimate of drug-likeness (QED) is 0.0445. The molecule has 1 aliphatic rings. The summed E-state index contributed by atoms with van der Waals surface area (Å²) in [6, 6.07) is 7.26. The largest absolute Gasteiger partial charge is 0.463 e. The molecule has 1 saturated heterocycles. The Morgan fingerprint density at radius 3 is 2.08 bits per heavy atom. The lowest BCUT2D eigenvalue weighted by Gasteiger charge is -2.36. The second-order valence-electron chi connectivity index (χ2n) is 14.8. The molecule has 336 valence electrons. The van der Waals surface area contributed by atoms with Crippen molar-refractivity contribution in [3.05, 3.63) is 35.9 Å². The average molecular weight is 847 g/mol. The molecule has 1 fully saturated rings. The van der Waals surface area contributed by atoms with Crippen LogP contribution in [-0.2, 0) is 59.1 Å². The molecule has 19 heteroatoms. The van der Waals surface area contributed by atoms with E-state index < -0.39 is 71.6 Å². The standard InChI is InChI=1S/C27H46N6O8.C8H10.C6H10N2O3/c1-16(10-11-20(28)34)31-21(35)12-13-30-24(38)19-9-7-8-14-33(19)25(39)22(36)27(4,5)15-41-26(40)18(3)32-23(37)17(2)29-6;1-2-8-6-4-3-5-7-8;1-5(8-4-10)6(11)7-2-3-9/h16-19,29H,7-15H2,1-6H3,(H2,28,34)(H,30,38)(H,31,35)(H,32,37);3-7H,2H2,1H3;3-5H,2H2,1H3,(H,7,11)(H,8,10)/t;;5-/m..0/s1. The molecule has 4 unspecified atom stereocenters. The van der Waals surface area contributed by atoms with Gasteiger partial charge in [0, 0.05) is 32.0 Å². The molecule has 1 heterocycles. The summed E-state index contributed by atoms with van der Waals surface area (Å²) < 4.78 is 5.24. The lowest BCUT2D eigenvalue weighted by molar-refractivity contribution is -0.159. The number of ketones is 1. The summed E-state index contributed by atoms with van der Waals surface area (Å²) in [5.41, 5.74) is 5.14. The Hall–Kier alpha value is -5.72. The number of aldehydes is 1. The summed E-state index contributed by atoms with van der Waals surface area (Å²) in [5, 5.41) is 15.2. The zero-order chi connectivity index (χ0) is 45.8. The van der Waals surface area contributed by atoms with E-state index in [0.29, 0.717) is 38.4 Å². The van der Waals surface area contributed by atoms with E-state index in [9.17, 15) is 47.9 Å². The van der Waals surface area contributed by atoms with Crippen molar-refractivity contribution < 1.29 is 52.7 Å². The van der Waals surface area contributed by atoms with Crippen LogP contribution in [0.4, 0.5) is 0 Å². The highest BCUT2D eigenvalue weighted by atomic mass is 16.5. The number of hydrogen-bond acceptors (Lipinski definition) is 12. The number of amides is 7. The summed E-state index contributed by atoms with van der Waals surface area (Å²) in [4.78, 5) is 118. The highest BCUT2D eigenvalue weighted by molar-refractivity contribution is 6.38. The van der Waals surface area contributed by atoms with Crippen molar-refractivity contribution in [2.24, 2.45) is 11.1 Å². The van der Waals surface area contributed by atoms with Crippen LogP contribution in [0.1, 0.15) is 92.6 Å². The van der Waals surface area contributed by atoms with Crippen LogP contribution in [0, 0.1) is 5.41 Å². The van der Waals surface area contributed by atoms with Gasteiger partial charge in [-0.2, -0.15) is 0 Å². The van der Waals surface area contributed by atoms with Gasteiger partial charge >= 0.3 is 5.97 Å². The third-order valence-corrected chi connectivity index (χ3v) is 9.19. The van der Waals surface area contributed by atoms with Gasteiger partial charge in [0.05, 0.1) is 18.0 Å². The zero-order valence-corrected chi connectivity index (χ0v) is 36.2. The van der Waals surface area contributed by atoms with Crippen molar-refractivity contribution in [1.82, 2.24) is 36.8 Å². The van der Waals surface area contributed by atoms with Crippen molar-refractivity contribution in [3.8, 4) is 0 Å². The van der Waals surface area contributed by atoms with Gasteiger partial charge in [-0.05, 0) is 86.3 Å². The van der Waals surface area contributed by atoms with Gasteiger partial charge < -0.3 is 52.1 Å². The Kier molecular flexibility index (Phi) is 26.7. The molecule has 0 spiro atoms. The van der Waals surface area contributed by atoms with E-state index in [2.05, 4.69) is 63.1 Å². The number of Topliss-reactive ketones (excluding diaryl/α,β-unsaturated/α-hetero) is 1. The van der Waals surface area contributed by atoms with Gasteiger partial charge in [0.1, 0.15) is 31.0 Å². The van der Waals surface area contributed by atoms with Crippen molar-refractivity contribution in [1.29, 1.82) is 0 Å². The molecule has 1 aliphatic heterocycles. The fourth-order valence-electron chi connectivity index (χ4n) is 5.22. The summed E-state index contributed by atoms with van der Waals surface area (Å²) in [7, 11) is 1.60. The first-order chi connectivity index (χ1) is 28.2. The molecule has 0 aromatic heterocycles. The molecule has 19 nitrogen and oxygen atoms in total. The summed E-state index contributed by atoms with van der Waals surface area (Å²) in [6.45, 7) is 11.3. The smallest absolute Gasteiger partial charge is 0.328 e. The monoisotopic (exact) mass is 846 g/mol. The van der Waals surface area contributed by atoms with E-state index in [1.54, 1.807) is 20.9 Å². The number of carbonyl (C=O) groups excluding carboxylic acids is 10. The number of nitrogens with one attached hydrogen (secondary N) is 6. The number of carbonyl (C=O) groups is 10. The minimum Gasteiger partial charge on any atom is -0.463 e. The first kappa shape index (κ1) is 54.3. The van der Waals surface area contributed by atoms with Crippen molar-refractivity contribution in [2.75, 3.05) is 33.3 Å². The third-order valence-electron chi connectivity index (χ3n) is 9.19. The highest BCUT2D eigenvalue weighted by Crippen LogP contribution is 2.23. The van der Waals surface area contributed by atoms with E-state index in [1.165, 1.54) is 38.2 Å². The number of piperidine rings is 1. The van der Waals surface area contributed by atoms with Crippen molar-refractivity contribution >= 4 is 59.9 Å². The fraction of sp³-hybridized carbons (Fsp3) is 0.610. The Balaban J connectivity index is 0.00000148. The van der Waals surface area contributed by atoms with E-state index in [-0.39, 0.29) is 50.3 Å². The molecule has 0 aliphatic carbocycles. The summed E-state index contributed by atoms with van der Waals surface area (Å²) in [6.07, 6.45) is 4.36. The molecular weight excluding hydrogens is 780 g/mol. The highest BCUT2D eigenvalue weighted by Gasteiger charge is 2.41. The molecule has 60 heavy (non-hydrogen) atoms. The molecule has 1 aromatic rings. The van der Waals surface area contributed by atoms with Gasteiger partial charge in [-0.25, -0.2) is 4.79 Å². The Labute approximate surface area is 352 Å². The van der Waals surface area contributed by atoms with Crippen LogP contribution in [0.2, 0.25) is 0 Å². The van der Waals surface area contributed by atoms with Crippen molar-refractivity contribution in [3.63, 3.8) is 0 Å². The van der Waals surface area contributed by atoms with Crippen LogP contribution in [0.5, 0.6) is 0 Å². The maximum absolute atomic E-state index is 13.2. The molecule has 8 N–H and O–H groups in total. The number of nitrogens with two attached hydrogens (primary N) is 1. The SMILES string of the molecule is CCc1ccccc1.CNC(C)C(=O)NC(C)C(=O)OCC(C)(C)C(=O)C(=O)N1CCCCC1C(=O)NCCC(=O)NC(C)CCC(N)=O.C[C@H](NC=O)C(=O)NCC=O. The number of benzene rings is 1. The number of esters is 1. The van der Waals surface area contributed by atoms with Crippen LogP contribution >= 0.6 is 0 Å². The van der Waals surface area contributed by atoms with Crippen molar-refractivity contribution in [2.45, 2.75) is 124 Å². The first-order valence-corrected chi connectivity index (χ1v) is 20.1. The second-order valence-corrected chi connectivity index (χ2v) is 14.8. The number of nitrogens with zero attached hydrogens (tertiary/aromatic N) is 1. The van der Waals surface area contributed by atoms with E-state index in [4.69, 9.17) is 10.5 Å². The van der Waals surface area contributed by atoms with Gasteiger partial charge in [0.2, 0.25) is 41.7 Å². The van der Waals surface area contributed by atoms with Crippen LogP contribution < -0.4 is 37.6 Å². The predicted molar refractivity (Wildman–Crippen MR) is 222 cm³/mol. The minimum absolute atomic E-state index is 0.00259. The lowest BCUT2D eigenvalue weighted by atomic mass is 9.87. The fourth-order valence-corrected chi connectivity index (χ4v) is 5.22. The number of likely N-dealkylation sites (N-methyl/N-ethyl adjacent to an activating group) is 1. The number of primary amides is 1. The first-order valence-electron chi connectivity index (χ1n) is 20.1. The number of aryl methyl sites for hydroxylation is 1. The van der Waals surface area contributed by atoms with Gasteiger partial charge in [-0.15, -0.1) is 0 Å². The molecule has 1 aromatic carbocycles. The van der Waals surface area contributed by atoms with Crippen LogP contribution in [0.3, 0.4) is 0 Å². The molecule has 0 radical (unpaired) electrons. The molecule has 0 bridgehead atoms. The Bertz CT molecular complexity index is 1570. The van der Waals surface area contributed by atoms with Gasteiger partial charge in [0.25, 0.3) is 5.91 Å². The number of rotatable bonds is 22. The normalized spacial score (nSPS) is 15.2. The second kappa shape index (κ2) is 29.5. The van der Waals surface area contributed by atoms with Gasteiger partial charge in [0.15, 0.2) is 0 Å². The number of ether oxygens (including phenoxy) is 1. The van der Waals surface area contributed by atoms with Gasteiger partial charge in [-0.1, -0.05) is 37.3 Å². The molecular formula is C41H66N8O11. The third kappa shape index (κ3) is 21.9. The van der Waals surface area contributed by atoms with E-state index in [1.807, 2.05) is 6.07 Å². The Morgan fingerprint density at radius 2 is 1.53 bits per heavy atom. The average Bonchev–Trinajstić information content (AvgIpc) is 3.23. The number of likely N-dealkylation sites (tertiary alicyclic amines) is 1. The molecule has 0 saturated carbocycles. The zero-order valence-electron chi connectivity index (χ0n) is 36.2. The maximum Gasteiger partial charge on any atom is 0.328 e. The van der Waals surface area contributed by atoms with Crippen LogP contribution in [0.25, 0.3) is 0 Å². The molecule has 5 atom stereocenters. The topological polar surface area (TPSA) is 281 Å². The summed E-state index contributed by atoms with van der Waals surface area (Å²) in [5.74, 6) is -4.41. The minimum atomic E-state index is -1.38. The number of hydrogen-bond donors (Lipinski definition) is 7. The van der Waals surface area contributed by atoms with E-state index >= 15 is 0 Å². The van der Waals surface area contributed by atoms with E-state index in [0.717, 1.165) is 6.42 Å². The molecule has 2 rings (SSSR count). The van der Waals surface area contributed by atoms with Crippen LogP contribution in [0.15, 0.2) is 30.3 Å². The maximum atomic E-state index is 13.2. The molecule has 7 amide bonds. The predicted octanol–water partition coefficient (Wildman–Crippen LogP) is -0.420.